The zero-order chi connectivity index (χ0) is 21.4. The molecule has 29 heavy (non-hydrogen) atoms. The molecule has 2 aliphatic heterocycles. The fourth-order valence-electron chi connectivity index (χ4n) is 2.77. The third-order valence-corrected chi connectivity index (χ3v) is 4.54. The minimum absolute atomic E-state index is 0.155. The Morgan fingerprint density at radius 2 is 1.21 bits per heavy atom. The number of hydrogen-bond donors (Lipinski definition) is 8. The van der Waals surface area contributed by atoms with Crippen LogP contribution in [0.15, 0.2) is 0 Å². The molecular weight excluding hydrogens is 386 g/mol. The zero-order valence-corrected chi connectivity index (χ0v) is 16.1. The molecule has 0 saturated carbocycles. The van der Waals surface area contributed by atoms with E-state index in [1.807, 2.05) is 0 Å². The topological polar surface area (TPSA) is 190 Å². The van der Waals surface area contributed by atoms with Crippen molar-refractivity contribution in [2.45, 2.75) is 24.6 Å². The second kappa shape index (κ2) is 10.1. The Kier molecular flexibility index (Phi) is 7.87. The monoisotopic (exact) mass is 413 g/mol. The van der Waals surface area contributed by atoms with Crippen LogP contribution in [0.2, 0.25) is 0 Å². The molecule has 162 valence electrons. The van der Waals surface area contributed by atoms with Crippen molar-refractivity contribution in [2.24, 2.45) is 0 Å². The summed E-state index contributed by atoms with van der Waals surface area (Å²) >= 11 is 0. The summed E-state index contributed by atoms with van der Waals surface area (Å²) in [5.41, 5.74) is -0.666. The van der Waals surface area contributed by atoms with Crippen molar-refractivity contribution in [3.05, 3.63) is 0 Å². The summed E-state index contributed by atoms with van der Waals surface area (Å²) in [7, 11) is 0. The second-order valence-electron chi connectivity index (χ2n) is 7.07. The predicted octanol–water partition coefficient (Wildman–Crippen LogP) is -5.74. The average molecular weight is 413 g/mol. The summed E-state index contributed by atoms with van der Waals surface area (Å²) in [6.45, 7) is 1.09. The summed E-state index contributed by atoms with van der Waals surface area (Å²) in [4.78, 5) is 59.6. The minimum atomic E-state index is -1.07. The molecule has 0 bridgehead atoms. The van der Waals surface area contributed by atoms with Crippen molar-refractivity contribution < 1.29 is 29.1 Å². The average Bonchev–Trinajstić information content (AvgIpc) is 2.65. The first-order valence-corrected chi connectivity index (χ1v) is 9.22. The van der Waals surface area contributed by atoms with E-state index in [1.165, 1.54) is 6.92 Å². The summed E-state index contributed by atoms with van der Waals surface area (Å²) in [6.07, 6.45) is -1.07. The smallest absolute Gasteiger partial charge is 0.240 e. The Morgan fingerprint density at radius 3 is 1.62 bits per heavy atom. The lowest BCUT2D eigenvalue weighted by atomic mass is 9.90. The van der Waals surface area contributed by atoms with Crippen LogP contribution in [0.5, 0.6) is 0 Å². The van der Waals surface area contributed by atoms with Crippen LogP contribution in [0.4, 0.5) is 0 Å². The van der Waals surface area contributed by atoms with Crippen LogP contribution in [0.3, 0.4) is 0 Å². The lowest BCUT2D eigenvalue weighted by Gasteiger charge is -2.46. The first-order valence-electron chi connectivity index (χ1n) is 9.22. The maximum Gasteiger partial charge on any atom is 0.240 e. The SMILES string of the molecule is CC(O)C1NC2(CNC2)CNC(=O)CNC(=O)CNC(=O)CNC(=O)CNC1=O. The lowest BCUT2D eigenvalue weighted by molar-refractivity contribution is -0.131. The van der Waals surface area contributed by atoms with Gasteiger partial charge in [-0.25, -0.2) is 0 Å². The van der Waals surface area contributed by atoms with Gasteiger partial charge in [-0.15, -0.1) is 0 Å². The molecule has 13 heteroatoms. The number of aliphatic hydroxyl groups is 1. The van der Waals surface area contributed by atoms with Gasteiger partial charge in [0.1, 0.15) is 6.04 Å². The molecule has 2 rings (SSSR count). The minimum Gasteiger partial charge on any atom is -0.391 e. The fraction of sp³-hybridized carbons (Fsp3) is 0.688. The van der Waals surface area contributed by atoms with Gasteiger partial charge in [0.2, 0.25) is 29.5 Å². The van der Waals surface area contributed by atoms with Crippen LogP contribution in [0.1, 0.15) is 6.92 Å². The van der Waals surface area contributed by atoms with Crippen molar-refractivity contribution in [2.75, 3.05) is 45.8 Å². The van der Waals surface area contributed by atoms with Gasteiger partial charge in [-0.05, 0) is 6.92 Å². The molecule has 0 aromatic rings. The summed E-state index contributed by atoms with van der Waals surface area (Å²) < 4.78 is 0. The normalized spacial score (nSPS) is 25.9. The molecule has 0 aromatic carbocycles. The molecular formula is C16H27N7O6. The maximum atomic E-state index is 12.4. The Labute approximate surface area is 167 Å². The number of hydrogen-bond acceptors (Lipinski definition) is 8. The van der Waals surface area contributed by atoms with Crippen LogP contribution < -0.4 is 37.2 Å². The molecule has 13 nitrogen and oxygen atoms in total. The van der Waals surface area contributed by atoms with Gasteiger partial charge in [-0.3, -0.25) is 29.3 Å². The predicted molar refractivity (Wildman–Crippen MR) is 99.3 cm³/mol. The van der Waals surface area contributed by atoms with Gasteiger partial charge in [0, 0.05) is 19.6 Å². The molecule has 2 aliphatic rings. The van der Waals surface area contributed by atoms with Crippen molar-refractivity contribution >= 4 is 29.5 Å². The third-order valence-electron chi connectivity index (χ3n) is 4.54. The molecule has 2 heterocycles. The third kappa shape index (κ3) is 6.96. The molecule has 8 N–H and O–H groups in total. The van der Waals surface area contributed by atoms with E-state index in [9.17, 15) is 29.1 Å². The summed E-state index contributed by atoms with van der Waals surface area (Å²) in [5, 5.41) is 28.2. The van der Waals surface area contributed by atoms with E-state index in [-0.39, 0.29) is 32.7 Å². The van der Waals surface area contributed by atoms with Crippen molar-refractivity contribution in [3.63, 3.8) is 0 Å². The highest BCUT2D eigenvalue weighted by Crippen LogP contribution is 2.12. The van der Waals surface area contributed by atoms with E-state index >= 15 is 0 Å². The molecule has 2 atom stereocenters. The molecule has 0 aliphatic carbocycles. The van der Waals surface area contributed by atoms with E-state index in [4.69, 9.17) is 0 Å². The Balaban J connectivity index is 2.08. The molecule has 0 radical (unpaired) electrons. The Morgan fingerprint density at radius 1 is 0.759 bits per heavy atom. The van der Waals surface area contributed by atoms with Crippen LogP contribution >= 0.6 is 0 Å². The molecule has 2 saturated heterocycles. The first kappa shape index (κ1) is 22.5. The van der Waals surface area contributed by atoms with Crippen LogP contribution in [-0.2, 0) is 24.0 Å². The first-order chi connectivity index (χ1) is 13.7. The van der Waals surface area contributed by atoms with Crippen LogP contribution in [0.25, 0.3) is 0 Å². The van der Waals surface area contributed by atoms with E-state index in [2.05, 4.69) is 37.2 Å². The van der Waals surface area contributed by atoms with E-state index in [0.717, 1.165) is 0 Å². The summed E-state index contributed by atoms with van der Waals surface area (Å²) in [5.74, 6) is -2.79. The van der Waals surface area contributed by atoms with E-state index in [1.54, 1.807) is 0 Å². The molecule has 1 spiro atoms. The van der Waals surface area contributed by atoms with Crippen LogP contribution in [-0.4, -0.2) is 98.1 Å². The number of amides is 5. The van der Waals surface area contributed by atoms with Crippen molar-refractivity contribution in [3.8, 4) is 0 Å². The number of carbonyl (C=O) groups is 5. The van der Waals surface area contributed by atoms with Gasteiger partial charge in [-0.2, -0.15) is 0 Å². The largest absolute Gasteiger partial charge is 0.391 e. The van der Waals surface area contributed by atoms with Gasteiger partial charge in [0.15, 0.2) is 0 Å². The molecule has 5 amide bonds. The van der Waals surface area contributed by atoms with E-state index < -0.39 is 47.2 Å². The van der Waals surface area contributed by atoms with Crippen LogP contribution in [0, 0.1) is 0 Å². The van der Waals surface area contributed by atoms with Gasteiger partial charge in [0.25, 0.3) is 0 Å². The molecule has 2 unspecified atom stereocenters. The Bertz CT molecular complexity index is 664. The molecule has 2 fully saturated rings. The van der Waals surface area contributed by atoms with Gasteiger partial charge in [-0.1, -0.05) is 0 Å². The second-order valence-corrected chi connectivity index (χ2v) is 7.07. The van der Waals surface area contributed by atoms with Gasteiger partial charge < -0.3 is 37.0 Å². The molecule has 0 aromatic heterocycles. The number of carbonyl (C=O) groups excluding carboxylic acids is 5. The standard InChI is InChI=1S/C16H27N7O6/c1-9(24)14-15(29)21-5-12(27)19-3-10(25)18-2-11(26)20-4-13(28)22-8-16(23-14)6-17-7-16/h9,14,17,23-24H,2-8H2,1H3,(H,18,25)(H,19,27)(H,20,26)(H,21,29)(H,22,28). The highest BCUT2D eigenvalue weighted by atomic mass is 16.3. The quantitative estimate of drug-likeness (QED) is 0.209. The highest BCUT2D eigenvalue weighted by molar-refractivity contribution is 5.91. The van der Waals surface area contributed by atoms with Crippen molar-refractivity contribution in [1.82, 2.24) is 37.2 Å². The Hall–Kier alpha value is -2.77. The van der Waals surface area contributed by atoms with Gasteiger partial charge in [0.05, 0.1) is 37.8 Å². The highest BCUT2D eigenvalue weighted by Gasteiger charge is 2.41. The summed E-state index contributed by atoms with van der Waals surface area (Å²) in [6, 6.07) is -1.02. The lowest BCUT2D eigenvalue weighted by Crippen LogP contribution is -2.76. The zero-order valence-electron chi connectivity index (χ0n) is 16.1. The fourth-order valence-corrected chi connectivity index (χ4v) is 2.77. The van der Waals surface area contributed by atoms with Gasteiger partial charge >= 0.3 is 0 Å². The van der Waals surface area contributed by atoms with E-state index in [0.29, 0.717) is 13.1 Å². The number of aliphatic hydroxyl groups excluding tert-OH is 1. The number of rotatable bonds is 1. The maximum absolute atomic E-state index is 12.4. The van der Waals surface area contributed by atoms with Crippen molar-refractivity contribution in [1.29, 1.82) is 0 Å². The number of nitrogens with one attached hydrogen (secondary N) is 7.